The molecule has 1 atom stereocenters. The molecule has 2 aliphatic rings. The van der Waals surface area contributed by atoms with Gasteiger partial charge in [0, 0.05) is 13.0 Å². The fourth-order valence-corrected chi connectivity index (χ4v) is 2.89. The summed E-state index contributed by atoms with van der Waals surface area (Å²) in [5.74, 6) is 1.35. The van der Waals surface area contributed by atoms with Crippen LogP contribution in [0.5, 0.6) is 0 Å². The Kier molecular flexibility index (Phi) is 6.07. The van der Waals surface area contributed by atoms with E-state index < -0.39 is 0 Å². The Morgan fingerprint density at radius 3 is 2.53 bits per heavy atom. The third kappa shape index (κ3) is 5.09. The summed E-state index contributed by atoms with van der Waals surface area (Å²) >= 11 is 0. The predicted molar refractivity (Wildman–Crippen MR) is 72.7 cm³/mol. The SMILES string of the molecule is NCC1CCC(CC(=O)NCC2COCCO2)CC1. The van der Waals surface area contributed by atoms with Crippen molar-refractivity contribution in [1.82, 2.24) is 5.32 Å². The van der Waals surface area contributed by atoms with Crippen LogP contribution in [0.1, 0.15) is 32.1 Å². The lowest BCUT2D eigenvalue weighted by Gasteiger charge is -2.27. The lowest BCUT2D eigenvalue weighted by molar-refractivity contribution is -0.125. The number of carbonyl (C=O) groups excluding carboxylic acids is 1. The molecule has 1 unspecified atom stereocenters. The van der Waals surface area contributed by atoms with Crippen LogP contribution >= 0.6 is 0 Å². The van der Waals surface area contributed by atoms with Gasteiger partial charge in [-0.15, -0.1) is 0 Å². The Morgan fingerprint density at radius 2 is 1.89 bits per heavy atom. The van der Waals surface area contributed by atoms with Gasteiger partial charge in [-0.2, -0.15) is 0 Å². The molecule has 1 saturated carbocycles. The zero-order valence-electron chi connectivity index (χ0n) is 11.6. The van der Waals surface area contributed by atoms with Gasteiger partial charge in [0.05, 0.1) is 25.9 Å². The van der Waals surface area contributed by atoms with Gasteiger partial charge in [0.25, 0.3) is 0 Å². The van der Waals surface area contributed by atoms with E-state index in [1.54, 1.807) is 0 Å². The fourth-order valence-electron chi connectivity index (χ4n) is 2.89. The first-order chi connectivity index (χ1) is 9.28. The van der Waals surface area contributed by atoms with Gasteiger partial charge >= 0.3 is 0 Å². The van der Waals surface area contributed by atoms with Gasteiger partial charge in [0.15, 0.2) is 0 Å². The summed E-state index contributed by atoms with van der Waals surface area (Å²) in [7, 11) is 0. The molecule has 1 aliphatic heterocycles. The minimum absolute atomic E-state index is 0.0191. The van der Waals surface area contributed by atoms with Crippen molar-refractivity contribution in [3.8, 4) is 0 Å². The van der Waals surface area contributed by atoms with Crippen molar-refractivity contribution in [3.05, 3.63) is 0 Å². The fraction of sp³-hybridized carbons (Fsp3) is 0.929. The van der Waals surface area contributed by atoms with Gasteiger partial charge in [0.1, 0.15) is 0 Å². The minimum atomic E-state index is 0.0191. The molecule has 1 saturated heterocycles. The van der Waals surface area contributed by atoms with Gasteiger partial charge in [-0.1, -0.05) is 0 Å². The molecule has 19 heavy (non-hydrogen) atoms. The number of rotatable bonds is 5. The molecule has 0 radical (unpaired) electrons. The van der Waals surface area contributed by atoms with Crippen LogP contribution in [0.2, 0.25) is 0 Å². The standard InChI is InChI=1S/C14H26N2O3/c15-8-12-3-1-11(2-4-12)7-14(17)16-9-13-10-18-5-6-19-13/h11-13H,1-10,15H2,(H,16,17). The van der Waals surface area contributed by atoms with Crippen molar-refractivity contribution in [2.45, 2.75) is 38.2 Å². The van der Waals surface area contributed by atoms with E-state index in [0.29, 0.717) is 44.6 Å². The molecule has 1 amide bonds. The van der Waals surface area contributed by atoms with Crippen LogP contribution in [-0.4, -0.2) is 44.9 Å². The molecule has 1 heterocycles. The van der Waals surface area contributed by atoms with E-state index in [1.165, 1.54) is 12.8 Å². The topological polar surface area (TPSA) is 73.6 Å². The number of nitrogens with two attached hydrogens (primary N) is 1. The maximum absolute atomic E-state index is 11.9. The first-order valence-electron chi connectivity index (χ1n) is 7.44. The molecule has 110 valence electrons. The van der Waals surface area contributed by atoms with Crippen molar-refractivity contribution in [1.29, 1.82) is 0 Å². The number of carbonyl (C=O) groups is 1. The summed E-state index contributed by atoms with van der Waals surface area (Å²) in [6, 6.07) is 0. The smallest absolute Gasteiger partial charge is 0.220 e. The molecule has 2 rings (SSSR count). The zero-order chi connectivity index (χ0) is 13.5. The highest BCUT2D eigenvalue weighted by Crippen LogP contribution is 2.29. The average Bonchev–Trinajstić information content (AvgIpc) is 2.47. The Bertz CT molecular complexity index is 272. The second kappa shape index (κ2) is 7.82. The summed E-state index contributed by atoms with van der Waals surface area (Å²) in [5, 5.41) is 2.96. The van der Waals surface area contributed by atoms with Crippen molar-refractivity contribution in [2.24, 2.45) is 17.6 Å². The van der Waals surface area contributed by atoms with E-state index in [9.17, 15) is 4.79 Å². The van der Waals surface area contributed by atoms with Gasteiger partial charge in [0.2, 0.25) is 5.91 Å². The summed E-state index contributed by atoms with van der Waals surface area (Å²) in [4.78, 5) is 11.9. The molecule has 1 aliphatic carbocycles. The molecule has 2 fully saturated rings. The van der Waals surface area contributed by atoms with E-state index in [-0.39, 0.29) is 12.0 Å². The van der Waals surface area contributed by atoms with Crippen LogP contribution in [0.3, 0.4) is 0 Å². The Balaban J connectivity index is 1.59. The number of hydrogen-bond acceptors (Lipinski definition) is 4. The molecule has 0 aromatic heterocycles. The largest absolute Gasteiger partial charge is 0.376 e. The molecular weight excluding hydrogens is 244 g/mol. The van der Waals surface area contributed by atoms with Gasteiger partial charge in [-0.05, 0) is 44.1 Å². The normalized spacial score (nSPS) is 31.9. The molecule has 0 spiro atoms. The van der Waals surface area contributed by atoms with Crippen molar-refractivity contribution < 1.29 is 14.3 Å². The Labute approximate surface area is 115 Å². The molecule has 5 nitrogen and oxygen atoms in total. The maximum Gasteiger partial charge on any atom is 0.220 e. The van der Waals surface area contributed by atoms with Crippen LogP contribution in [0, 0.1) is 11.8 Å². The predicted octanol–water partition coefficient (Wildman–Crippen LogP) is 0.673. The lowest BCUT2D eigenvalue weighted by Crippen LogP contribution is -2.40. The van der Waals surface area contributed by atoms with E-state index in [0.717, 1.165) is 19.4 Å². The van der Waals surface area contributed by atoms with Gasteiger partial charge < -0.3 is 20.5 Å². The minimum Gasteiger partial charge on any atom is -0.376 e. The van der Waals surface area contributed by atoms with E-state index in [1.807, 2.05) is 0 Å². The third-order valence-corrected chi connectivity index (χ3v) is 4.19. The zero-order valence-corrected chi connectivity index (χ0v) is 11.6. The second-order valence-electron chi connectivity index (χ2n) is 5.70. The highest BCUT2D eigenvalue weighted by Gasteiger charge is 2.22. The number of amides is 1. The van der Waals surface area contributed by atoms with Crippen molar-refractivity contribution >= 4 is 5.91 Å². The molecule has 3 N–H and O–H groups in total. The van der Waals surface area contributed by atoms with E-state index in [2.05, 4.69) is 5.32 Å². The number of hydrogen-bond donors (Lipinski definition) is 2. The lowest BCUT2D eigenvalue weighted by atomic mass is 9.80. The van der Waals surface area contributed by atoms with Crippen LogP contribution < -0.4 is 11.1 Å². The molecule has 0 bridgehead atoms. The molecule has 5 heteroatoms. The van der Waals surface area contributed by atoms with Crippen molar-refractivity contribution in [3.63, 3.8) is 0 Å². The first-order valence-corrected chi connectivity index (χ1v) is 7.44. The third-order valence-electron chi connectivity index (χ3n) is 4.19. The summed E-state index contributed by atoms with van der Waals surface area (Å²) in [5.41, 5.74) is 5.68. The van der Waals surface area contributed by atoms with Crippen LogP contribution in [0.25, 0.3) is 0 Å². The van der Waals surface area contributed by atoms with Crippen LogP contribution in [0.15, 0.2) is 0 Å². The summed E-state index contributed by atoms with van der Waals surface area (Å²) in [6.07, 6.45) is 5.29. The summed E-state index contributed by atoms with van der Waals surface area (Å²) in [6.45, 7) is 3.23. The number of nitrogens with one attached hydrogen (secondary N) is 1. The highest BCUT2D eigenvalue weighted by atomic mass is 16.6. The second-order valence-corrected chi connectivity index (χ2v) is 5.70. The quantitative estimate of drug-likeness (QED) is 0.770. The van der Waals surface area contributed by atoms with E-state index in [4.69, 9.17) is 15.2 Å². The van der Waals surface area contributed by atoms with Crippen LogP contribution in [0.4, 0.5) is 0 Å². The van der Waals surface area contributed by atoms with Crippen LogP contribution in [-0.2, 0) is 14.3 Å². The summed E-state index contributed by atoms with van der Waals surface area (Å²) < 4.78 is 10.8. The molecular formula is C14H26N2O3. The van der Waals surface area contributed by atoms with E-state index >= 15 is 0 Å². The maximum atomic E-state index is 11.9. The highest BCUT2D eigenvalue weighted by molar-refractivity contribution is 5.76. The van der Waals surface area contributed by atoms with Crippen molar-refractivity contribution in [2.75, 3.05) is 32.9 Å². The molecule has 0 aromatic rings. The Morgan fingerprint density at radius 1 is 1.16 bits per heavy atom. The van der Waals surface area contributed by atoms with Gasteiger partial charge in [-0.25, -0.2) is 0 Å². The monoisotopic (exact) mass is 270 g/mol. The van der Waals surface area contributed by atoms with Gasteiger partial charge in [-0.3, -0.25) is 4.79 Å². The first kappa shape index (κ1) is 14.8. The number of ether oxygens (including phenoxy) is 2. The average molecular weight is 270 g/mol. The Hall–Kier alpha value is -0.650. The molecule has 0 aromatic carbocycles.